The monoisotopic (exact) mass is 318 g/mol. The molecule has 1 heterocycles. The predicted octanol–water partition coefficient (Wildman–Crippen LogP) is 3.16. The van der Waals surface area contributed by atoms with Gasteiger partial charge in [0.25, 0.3) is 5.22 Å². The van der Waals surface area contributed by atoms with Crippen LogP contribution in [-0.4, -0.2) is 27.9 Å². The first kappa shape index (κ1) is 15.8. The molecule has 0 aliphatic rings. The first-order valence-electron chi connectivity index (χ1n) is 6.35. The Balaban J connectivity index is 2.22. The molecule has 0 spiro atoms. The van der Waals surface area contributed by atoms with Crippen molar-refractivity contribution in [3.63, 3.8) is 0 Å². The Hall–Kier alpha value is -2.54. The maximum Gasteiger partial charge on any atom is 0.342 e. The van der Waals surface area contributed by atoms with Crippen LogP contribution in [-0.2, 0) is 4.79 Å². The van der Waals surface area contributed by atoms with Crippen LogP contribution in [0.15, 0.2) is 51.5 Å². The van der Waals surface area contributed by atoms with E-state index in [0.29, 0.717) is 23.8 Å². The number of carbonyl (C=O) groups is 1. The molecular formula is C15H14N2O4S. The number of nitrogens with zero attached hydrogens (tertiary/aromatic N) is 2. The fourth-order valence-electron chi connectivity index (χ4n) is 1.55. The van der Waals surface area contributed by atoms with Crippen LogP contribution in [0.3, 0.4) is 0 Å². The molecular weight excluding hydrogens is 304 g/mol. The van der Waals surface area contributed by atoms with E-state index in [1.807, 2.05) is 0 Å². The normalized spacial score (nSPS) is 11.2. The van der Waals surface area contributed by atoms with Crippen LogP contribution in [0, 0.1) is 6.92 Å². The molecule has 2 aromatic rings. The van der Waals surface area contributed by atoms with Gasteiger partial charge in [0.2, 0.25) is 5.89 Å². The molecule has 0 unspecified atom stereocenters. The van der Waals surface area contributed by atoms with Gasteiger partial charge in [-0.25, -0.2) is 4.79 Å². The summed E-state index contributed by atoms with van der Waals surface area (Å²) < 4.78 is 10.6. The summed E-state index contributed by atoms with van der Waals surface area (Å²) in [7, 11) is 0. The quantitative estimate of drug-likeness (QED) is 0.477. The number of carboxylic acid groups (broad SMARTS) is 1. The van der Waals surface area contributed by atoms with Gasteiger partial charge in [0.15, 0.2) is 0 Å². The third kappa shape index (κ3) is 4.49. The zero-order valence-corrected chi connectivity index (χ0v) is 12.7. The van der Waals surface area contributed by atoms with Gasteiger partial charge in [-0.1, -0.05) is 24.8 Å². The third-order valence-electron chi connectivity index (χ3n) is 2.44. The number of aryl methyl sites for hydroxylation is 1. The van der Waals surface area contributed by atoms with Gasteiger partial charge in [-0.15, -0.1) is 10.2 Å². The molecule has 0 radical (unpaired) electrons. The maximum absolute atomic E-state index is 11.3. The number of hydrogen-bond donors (Lipinski definition) is 1. The van der Waals surface area contributed by atoms with Crippen LogP contribution in [0.1, 0.15) is 11.5 Å². The van der Waals surface area contributed by atoms with Gasteiger partial charge in [-0.3, -0.25) is 0 Å². The summed E-state index contributed by atoms with van der Waals surface area (Å²) in [6, 6.07) is 7.09. The summed E-state index contributed by atoms with van der Waals surface area (Å²) in [4.78, 5) is 11.4. The van der Waals surface area contributed by atoms with Crippen LogP contribution < -0.4 is 4.74 Å². The molecule has 1 aromatic carbocycles. The second-order valence-electron chi connectivity index (χ2n) is 4.17. The predicted molar refractivity (Wildman–Crippen MR) is 82.6 cm³/mol. The molecule has 0 aliphatic carbocycles. The number of benzene rings is 1. The Labute approximate surface area is 131 Å². The fourth-order valence-corrected chi connectivity index (χ4v) is 2.26. The van der Waals surface area contributed by atoms with E-state index >= 15 is 0 Å². The Kier molecular flexibility index (Phi) is 5.37. The highest BCUT2D eigenvalue weighted by molar-refractivity contribution is 8.03. The second-order valence-corrected chi connectivity index (χ2v) is 5.17. The molecule has 6 nitrogen and oxygen atoms in total. The average Bonchev–Trinajstić information content (AvgIpc) is 2.90. The molecule has 7 heteroatoms. The second kappa shape index (κ2) is 7.46. The number of rotatable bonds is 7. The first-order valence-corrected chi connectivity index (χ1v) is 7.17. The largest absolute Gasteiger partial charge is 0.490 e. The van der Waals surface area contributed by atoms with Crippen molar-refractivity contribution in [3.05, 3.63) is 53.3 Å². The molecule has 1 aromatic heterocycles. The van der Waals surface area contributed by atoms with E-state index in [1.54, 1.807) is 37.3 Å². The Bertz CT molecular complexity index is 709. The summed E-state index contributed by atoms with van der Waals surface area (Å²) in [5.74, 6) is -0.0534. The lowest BCUT2D eigenvalue weighted by atomic mass is 10.2. The zero-order chi connectivity index (χ0) is 15.9. The molecule has 0 amide bonds. The van der Waals surface area contributed by atoms with Gasteiger partial charge < -0.3 is 14.3 Å². The lowest BCUT2D eigenvalue weighted by molar-refractivity contribution is -0.131. The highest BCUT2D eigenvalue weighted by atomic mass is 32.2. The number of ether oxygens (including phenoxy) is 1. The zero-order valence-electron chi connectivity index (χ0n) is 11.9. The SMILES string of the molecule is C=CCOc1cccc(/C=C(\Sc2nnc(C)o2)C(=O)O)c1. The van der Waals surface area contributed by atoms with Crippen molar-refractivity contribution in [2.24, 2.45) is 0 Å². The Morgan fingerprint density at radius 3 is 2.95 bits per heavy atom. The molecule has 0 saturated carbocycles. The lowest BCUT2D eigenvalue weighted by Gasteiger charge is -2.04. The number of aliphatic carboxylic acids is 1. The van der Waals surface area contributed by atoms with Gasteiger partial charge in [0.05, 0.1) is 0 Å². The average molecular weight is 318 g/mol. The van der Waals surface area contributed by atoms with Gasteiger partial charge >= 0.3 is 5.97 Å². The molecule has 0 bridgehead atoms. The first-order chi connectivity index (χ1) is 10.6. The fraction of sp³-hybridized carbons (Fsp3) is 0.133. The van der Waals surface area contributed by atoms with Gasteiger partial charge in [0.1, 0.15) is 17.3 Å². The number of hydrogen-bond acceptors (Lipinski definition) is 6. The summed E-state index contributed by atoms with van der Waals surface area (Å²) in [5, 5.41) is 16.9. The standard InChI is InChI=1S/C15H14N2O4S/c1-3-7-20-12-6-4-5-11(8-12)9-13(14(18)19)22-15-17-16-10(2)21-15/h3-6,8-9H,1,7H2,2H3,(H,18,19)/b13-9-. The minimum Gasteiger partial charge on any atom is -0.490 e. The Morgan fingerprint density at radius 2 is 2.32 bits per heavy atom. The van der Waals surface area contributed by atoms with E-state index in [2.05, 4.69) is 16.8 Å². The summed E-state index contributed by atoms with van der Waals surface area (Å²) in [6.07, 6.45) is 3.16. The molecule has 114 valence electrons. The van der Waals surface area contributed by atoms with E-state index in [0.717, 1.165) is 11.8 Å². The van der Waals surface area contributed by atoms with Gasteiger partial charge in [0, 0.05) is 6.92 Å². The van der Waals surface area contributed by atoms with Crippen LogP contribution >= 0.6 is 11.8 Å². The molecule has 0 aliphatic heterocycles. The highest BCUT2D eigenvalue weighted by Crippen LogP contribution is 2.28. The van der Waals surface area contributed by atoms with Crippen molar-refractivity contribution < 1.29 is 19.1 Å². The van der Waals surface area contributed by atoms with Gasteiger partial charge in [-0.2, -0.15) is 0 Å². The molecule has 22 heavy (non-hydrogen) atoms. The summed E-state index contributed by atoms with van der Waals surface area (Å²) >= 11 is 0.901. The topological polar surface area (TPSA) is 85.5 Å². The number of thioether (sulfide) groups is 1. The van der Waals surface area contributed by atoms with E-state index < -0.39 is 5.97 Å². The number of aromatic nitrogens is 2. The van der Waals surface area contributed by atoms with Crippen molar-refractivity contribution >= 4 is 23.8 Å². The third-order valence-corrected chi connectivity index (χ3v) is 3.29. The van der Waals surface area contributed by atoms with Crippen molar-refractivity contribution in [3.8, 4) is 5.75 Å². The molecule has 1 N–H and O–H groups in total. The van der Waals surface area contributed by atoms with Crippen LogP contribution in [0.2, 0.25) is 0 Å². The van der Waals surface area contributed by atoms with Gasteiger partial charge in [-0.05, 0) is 35.5 Å². The van der Waals surface area contributed by atoms with Crippen LogP contribution in [0.25, 0.3) is 6.08 Å². The molecule has 2 rings (SSSR count). The van der Waals surface area contributed by atoms with Crippen molar-refractivity contribution in [2.75, 3.05) is 6.61 Å². The molecule has 0 atom stereocenters. The Morgan fingerprint density at radius 1 is 1.50 bits per heavy atom. The minimum atomic E-state index is -1.07. The number of carboxylic acids is 1. The lowest BCUT2D eigenvalue weighted by Crippen LogP contribution is -1.97. The smallest absolute Gasteiger partial charge is 0.342 e. The summed E-state index contributed by atoms with van der Waals surface area (Å²) in [6.45, 7) is 5.60. The molecule has 0 saturated heterocycles. The molecule has 0 fully saturated rings. The van der Waals surface area contributed by atoms with E-state index in [-0.39, 0.29) is 10.1 Å². The van der Waals surface area contributed by atoms with E-state index in [1.165, 1.54) is 6.08 Å². The van der Waals surface area contributed by atoms with Crippen molar-refractivity contribution in [1.29, 1.82) is 0 Å². The van der Waals surface area contributed by atoms with Crippen molar-refractivity contribution in [1.82, 2.24) is 10.2 Å². The van der Waals surface area contributed by atoms with Crippen molar-refractivity contribution in [2.45, 2.75) is 12.1 Å². The summed E-state index contributed by atoms with van der Waals surface area (Å²) in [5.41, 5.74) is 0.697. The van der Waals surface area contributed by atoms with E-state index in [4.69, 9.17) is 9.15 Å². The maximum atomic E-state index is 11.3. The van der Waals surface area contributed by atoms with Crippen LogP contribution in [0.4, 0.5) is 0 Å². The minimum absolute atomic E-state index is 0.0736. The highest BCUT2D eigenvalue weighted by Gasteiger charge is 2.14. The van der Waals surface area contributed by atoms with E-state index in [9.17, 15) is 9.90 Å². The van der Waals surface area contributed by atoms with Crippen LogP contribution in [0.5, 0.6) is 5.75 Å².